The summed E-state index contributed by atoms with van der Waals surface area (Å²) in [7, 11) is 3.68. The van der Waals surface area contributed by atoms with Gasteiger partial charge < -0.3 is 10.2 Å². The van der Waals surface area contributed by atoms with Crippen molar-refractivity contribution in [3.63, 3.8) is 0 Å². The molecule has 0 aliphatic carbocycles. The molecule has 1 fully saturated rings. The number of aromatic nitrogens is 2. The highest BCUT2D eigenvalue weighted by atomic mass is 127. The van der Waals surface area contributed by atoms with Gasteiger partial charge in [-0.3, -0.25) is 19.8 Å². The molecule has 1 unspecified atom stereocenters. The Morgan fingerprint density at radius 1 is 1.50 bits per heavy atom. The lowest BCUT2D eigenvalue weighted by Gasteiger charge is -2.21. The third-order valence-corrected chi connectivity index (χ3v) is 4.47. The van der Waals surface area contributed by atoms with Gasteiger partial charge >= 0.3 is 0 Å². The number of benzene rings is 1. The number of aryl methyl sites for hydroxylation is 1. The SMILES string of the molecule is CN=C(NCc1cccc([N+](=O)[O-])c1)N1CCC(c2cnn(C)c2)C1.I. The second-order valence-electron chi connectivity index (χ2n) is 6.21. The summed E-state index contributed by atoms with van der Waals surface area (Å²) in [5.41, 5.74) is 2.21. The molecule has 1 aromatic heterocycles. The quantitative estimate of drug-likeness (QED) is 0.244. The number of nitro benzene ring substituents is 1. The molecule has 1 N–H and O–H groups in total. The minimum Gasteiger partial charge on any atom is -0.352 e. The highest BCUT2D eigenvalue weighted by Gasteiger charge is 2.26. The number of aliphatic imine (C=N–C) groups is 1. The first kappa shape index (κ1) is 20.1. The van der Waals surface area contributed by atoms with Gasteiger partial charge in [0.1, 0.15) is 0 Å². The minimum absolute atomic E-state index is 0. The van der Waals surface area contributed by atoms with Crippen molar-refractivity contribution in [2.24, 2.45) is 12.0 Å². The van der Waals surface area contributed by atoms with Gasteiger partial charge in [0.15, 0.2) is 5.96 Å². The van der Waals surface area contributed by atoms with Gasteiger partial charge in [0.05, 0.1) is 11.1 Å². The molecule has 2 aromatic rings. The number of likely N-dealkylation sites (tertiary alicyclic amines) is 1. The first-order chi connectivity index (χ1) is 12.1. The molecule has 0 bridgehead atoms. The first-order valence-electron chi connectivity index (χ1n) is 8.24. The Bertz CT molecular complexity index is 791. The van der Waals surface area contributed by atoms with E-state index in [4.69, 9.17) is 0 Å². The number of nitro groups is 1. The van der Waals surface area contributed by atoms with Gasteiger partial charge in [-0.1, -0.05) is 12.1 Å². The van der Waals surface area contributed by atoms with E-state index in [1.54, 1.807) is 19.2 Å². The molecule has 140 valence electrons. The van der Waals surface area contributed by atoms with Crippen molar-refractivity contribution in [2.75, 3.05) is 20.1 Å². The number of non-ortho nitro benzene ring substituents is 1. The Morgan fingerprint density at radius 3 is 2.96 bits per heavy atom. The van der Waals surface area contributed by atoms with Crippen LogP contribution in [0, 0.1) is 10.1 Å². The minimum atomic E-state index is -0.378. The van der Waals surface area contributed by atoms with Crippen LogP contribution in [-0.2, 0) is 13.6 Å². The van der Waals surface area contributed by atoms with E-state index in [0.717, 1.165) is 31.0 Å². The van der Waals surface area contributed by atoms with Gasteiger partial charge in [-0.25, -0.2) is 0 Å². The largest absolute Gasteiger partial charge is 0.352 e. The molecule has 1 aliphatic rings. The number of halogens is 1. The fraction of sp³-hybridized carbons (Fsp3) is 0.412. The van der Waals surface area contributed by atoms with Crippen LogP contribution in [0.15, 0.2) is 41.7 Å². The van der Waals surface area contributed by atoms with Crippen molar-refractivity contribution >= 4 is 35.6 Å². The van der Waals surface area contributed by atoms with Gasteiger partial charge in [0, 0.05) is 58.0 Å². The molecule has 1 saturated heterocycles. The van der Waals surface area contributed by atoms with E-state index in [9.17, 15) is 10.1 Å². The normalized spacial score (nSPS) is 17.1. The van der Waals surface area contributed by atoms with Crippen LogP contribution < -0.4 is 5.32 Å². The van der Waals surface area contributed by atoms with Crippen molar-refractivity contribution in [3.8, 4) is 0 Å². The average molecular weight is 470 g/mol. The third kappa shape index (κ3) is 4.71. The molecule has 1 aromatic carbocycles. The number of guanidine groups is 1. The molecule has 0 saturated carbocycles. The highest BCUT2D eigenvalue weighted by molar-refractivity contribution is 14.0. The van der Waals surface area contributed by atoms with E-state index in [1.165, 1.54) is 11.6 Å². The molecule has 9 heteroatoms. The molecule has 0 amide bonds. The van der Waals surface area contributed by atoms with Gasteiger partial charge in [-0.2, -0.15) is 5.10 Å². The Kier molecular flexibility index (Phi) is 6.95. The zero-order valence-electron chi connectivity index (χ0n) is 14.8. The summed E-state index contributed by atoms with van der Waals surface area (Å²) in [5.74, 6) is 1.27. The first-order valence-corrected chi connectivity index (χ1v) is 8.24. The van der Waals surface area contributed by atoms with Crippen molar-refractivity contribution in [1.29, 1.82) is 0 Å². The van der Waals surface area contributed by atoms with E-state index >= 15 is 0 Å². The number of rotatable bonds is 4. The summed E-state index contributed by atoms with van der Waals surface area (Å²) in [6.45, 7) is 2.32. The van der Waals surface area contributed by atoms with E-state index in [1.807, 2.05) is 24.0 Å². The molecule has 1 atom stereocenters. The number of hydrogen-bond donors (Lipinski definition) is 1. The second-order valence-corrected chi connectivity index (χ2v) is 6.21. The predicted octanol–water partition coefficient (Wildman–Crippen LogP) is 2.51. The molecular formula is C17H23IN6O2. The fourth-order valence-electron chi connectivity index (χ4n) is 3.17. The Hall–Kier alpha value is -2.17. The maximum absolute atomic E-state index is 10.9. The van der Waals surface area contributed by atoms with E-state index in [0.29, 0.717) is 12.5 Å². The molecular weight excluding hydrogens is 447 g/mol. The lowest BCUT2D eigenvalue weighted by atomic mass is 10.0. The van der Waals surface area contributed by atoms with Crippen LogP contribution >= 0.6 is 24.0 Å². The molecule has 0 spiro atoms. The molecule has 3 rings (SSSR count). The third-order valence-electron chi connectivity index (χ3n) is 4.47. The fourth-order valence-corrected chi connectivity index (χ4v) is 3.17. The summed E-state index contributed by atoms with van der Waals surface area (Å²) in [5, 5.41) is 18.4. The molecule has 8 nitrogen and oxygen atoms in total. The van der Waals surface area contributed by atoms with Crippen molar-refractivity contribution < 1.29 is 4.92 Å². The monoisotopic (exact) mass is 470 g/mol. The van der Waals surface area contributed by atoms with Crippen LogP contribution in [0.4, 0.5) is 5.69 Å². The van der Waals surface area contributed by atoms with E-state index in [2.05, 4.69) is 26.5 Å². The topological polar surface area (TPSA) is 88.6 Å². The summed E-state index contributed by atoms with van der Waals surface area (Å²) in [6.07, 6.45) is 5.05. The summed E-state index contributed by atoms with van der Waals surface area (Å²) in [4.78, 5) is 17.1. The summed E-state index contributed by atoms with van der Waals surface area (Å²) in [6, 6.07) is 6.65. The van der Waals surface area contributed by atoms with Crippen LogP contribution in [0.1, 0.15) is 23.5 Å². The number of nitrogens with one attached hydrogen (secondary N) is 1. The van der Waals surface area contributed by atoms with Crippen LogP contribution in [0.3, 0.4) is 0 Å². The van der Waals surface area contributed by atoms with E-state index in [-0.39, 0.29) is 34.6 Å². The van der Waals surface area contributed by atoms with Crippen molar-refractivity contribution in [1.82, 2.24) is 20.0 Å². The average Bonchev–Trinajstić information content (AvgIpc) is 3.25. The van der Waals surface area contributed by atoms with Gasteiger partial charge in [0.25, 0.3) is 5.69 Å². The lowest BCUT2D eigenvalue weighted by Crippen LogP contribution is -2.39. The van der Waals surface area contributed by atoms with Gasteiger partial charge in [-0.15, -0.1) is 24.0 Å². The smallest absolute Gasteiger partial charge is 0.269 e. The molecule has 0 radical (unpaired) electrons. The maximum atomic E-state index is 10.9. The Labute approximate surface area is 169 Å². The van der Waals surface area contributed by atoms with Gasteiger partial charge in [-0.05, 0) is 17.5 Å². The number of hydrogen-bond acceptors (Lipinski definition) is 4. The number of nitrogens with zero attached hydrogens (tertiary/aromatic N) is 5. The van der Waals surface area contributed by atoms with Gasteiger partial charge in [0.2, 0.25) is 0 Å². The second kappa shape index (κ2) is 8.97. The van der Waals surface area contributed by atoms with Crippen molar-refractivity contribution in [2.45, 2.75) is 18.9 Å². The van der Waals surface area contributed by atoms with Crippen LogP contribution in [-0.4, -0.2) is 45.7 Å². The van der Waals surface area contributed by atoms with Crippen LogP contribution in [0.5, 0.6) is 0 Å². The van der Waals surface area contributed by atoms with E-state index < -0.39 is 0 Å². The standard InChI is InChI=1S/C17H22N6O2.HI/c1-18-17(19-9-13-4-3-5-16(8-13)23(24)25)22-7-6-14(12-22)15-10-20-21(2)11-15;/h3-5,8,10-11,14H,6-7,9,12H2,1-2H3,(H,18,19);1H. The maximum Gasteiger partial charge on any atom is 0.269 e. The van der Waals surface area contributed by atoms with Crippen LogP contribution in [0.25, 0.3) is 0 Å². The highest BCUT2D eigenvalue weighted by Crippen LogP contribution is 2.26. The molecule has 2 heterocycles. The predicted molar refractivity (Wildman–Crippen MR) is 111 cm³/mol. The summed E-state index contributed by atoms with van der Waals surface area (Å²) < 4.78 is 1.83. The summed E-state index contributed by atoms with van der Waals surface area (Å²) >= 11 is 0. The Morgan fingerprint density at radius 2 is 2.31 bits per heavy atom. The van der Waals surface area contributed by atoms with Crippen molar-refractivity contribution in [3.05, 3.63) is 57.9 Å². The molecule has 26 heavy (non-hydrogen) atoms. The lowest BCUT2D eigenvalue weighted by molar-refractivity contribution is -0.384. The zero-order valence-corrected chi connectivity index (χ0v) is 17.2. The molecule has 1 aliphatic heterocycles. The Balaban J connectivity index is 0.00000243. The zero-order chi connectivity index (χ0) is 17.8. The van der Waals surface area contributed by atoms with Crippen LogP contribution in [0.2, 0.25) is 0 Å².